The van der Waals surface area contributed by atoms with Crippen molar-refractivity contribution in [2.24, 2.45) is 20.4 Å². The molecule has 1 atom stereocenters. The second-order valence-corrected chi connectivity index (χ2v) is 16.5. The summed E-state index contributed by atoms with van der Waals surface area (Å²) in [6.07, 6.45) is 1.61. The Hall–Kier alpha value is -9.37. The fraction of sp³-hybridized carbons (Fsp3) is 0.0926. The quantitative estimate of drug-likeness (QED) is 0.109. The van der Waals surface area contributed by atoms with Crippen LogP contribution >= 0.6 is 0 Å². The zero-order chi connectivity index (χ0) is 47.3. The van der Waals surface area contributed by atoms with Crippen molar-refractivity contribution in [1.29, 1.82) is 0 Å². The molecular formula is C54H46N14O. The van der Waals surface area contributed by atoms with Crippen LogP contribution in [-0.4, -0.2) is 68.2 Å². The van der Waals surface area contributed by atoms with Crippen LogP contribution in [0.4, 0.5) is 11.5 Å². The van der Waals surface area contributed by atoms with Crippen LogP contribution in [0, 0.1) is 25.7 Å². The number of nitroso groups, excluding NO2 is 1. The van der Waals surface area contributed by atoms with Crippen LogP contribution in [0.3, 0.4) is 0 Å². The van der Waals surface area contributed by atoms with Crippen molar-refractivity contribution in [3.8, 4) is 56.7 Å². The highest BCUT2D eigenvalue weighted by atomic mass is 16.3. The van der Waals surface area contributed by atoms with Crippen LogP contribution in [0.1, 0.15) is 29.3 Å². The number of H-pyrrole nitrogens is 3. The predicted octanol–water partition coefficient (Wildman–Crippen LogP) is 11.6. The minimum Gasteiger partial charge on any atom is -0.338 e. The Labute approximate surface area is 397 Å². The number of aromatic nitrogens is 8. The molecule has 4 N–H and O–H groups in total. The van der Waals surface area contributed by atoms with Crippen LogP contribution in [0.15, 0.2) is 196 Å². The molecule has 0 aliphatic carbocycles. The first-order valence-electron chi connectivity index (χ1n) is 22.4. The number of hydrogen-bond acceptors (Lipinski definition) is 11. The van der Waals surface area contributed by atoms with E-state index in [2.05, 4.69) is 89.3 Å². The van der Waals surface area contributed by atoms with Gasteiger partial charge in [-0.15, -0.1) is 15.1 Å². The average Bonchev–Trinajstić information content (AvgIpc) is 4.26. The third kappa shape index (κ3) is 9.11. The van der Waals surface area contributed by atoms with Gasteiger partial charge in [0.25, 0.3) is 0 Å². The first-order valence-corrected chi connectivity index (χ1v) is 22.4. The molecule has 6 aromatic carbocycles. The van der Waals surface area contributed by atoms with Gasteiger partial charge in [0.05, 0.1) is 29.0 Å². The average molecular weight is 907 g/mol. The Balaban J connectivity index is 0.000000133. The number of imidazole rings is 2. The molecule has 0 saturated heterocycles. The number of hydrazone groups is 2. The zero-order valence-electron chi connectivity index (χ0n) is 38.2. The number of aliphatic imine (C=N–C) groups is 1. The van der Waals surface area contributed by atoms with Crippen molar-refractivity contribution < 1.29 is 0 Å². The van der Waals surface area contributed by atoms with Crippen LogP contribution in [0.2, 0.25) is 0 Å². The van der Waals surface area contributed by atoms with E-state index in [1.54, 1.807) is 11.4 Å². The van der Waals surface area contributed by atoms with Crippen LogP contribution < -0.4 is 5.43 Å². The fourth-order valence-corrected chi connectivity index (χ4v) is 8.10. The molecule has 0 fully saturated rings. The fourth-order valence-electron chi connectivity index (χ4n) is 8.10. The molecule has 0 radical (unpaired) electrons. The summed E-state index contributed by atoms with van der Waals surface area (Å²) in [7, 11) is 0. The number of rotatable bonds is 8. The predicted molar refractivity (Wildman–Crippen MR) is 273 cm³/mol. The number of fused-ring (bicyclic) bond motifs is 2. The van der Waals surface area contributed by atoms with E-state index in [1.807, 2.05) is 159 Å². The molecule has 2 aliphatic rings. The summed E-state index contributed by atoms with van der Waals surface area (Å²) in [4.78, 5) is 31.9. The van der Waals surface area contributed by atoms with E-state index in [4.69, 9.17) is 15.1 Å². The third-order valence-corrected chi connectivity index (χ3v) is 11.5. The summed E-state index contributed by atoms with van der Waals surface area (Å²) in [5, 5.41) is 25.4. The minimum atomic E-state index is -0.268. The lowest BCUT2D eigenvalue weighted by molar-refractivity contribution is 0.407. The maximum Gasteiger partial charge on any atom is 0.207 e. The molecule has 15 heteroatoms. The highest BCUT2D eigenvalue weighted by molar-refractivity contribution is 6.46. The van der Waals surface area contributed by atoms with Crippen molar-refractivity contribution in [3.05, 3.63) is 203 Å². The van der Waals surface area contributed by atoms with Gasteiger partial charge in [0.2, 0.25) is 5.65 Å². The monoisotopic (exact) mass is 906 g/mol. The third-order valence-electron chi connectivity index (χ3n) is 11.5. The maximum atomic E-state index is 10.8. The van der Waals surface area contributed by atoms with E-state index in [0.29, 0.717) is 28.7 Å². The Morgan fingerprint density at radius 1 is 0.594 bits per heavy atom. The van der Waals surface area contributed by atoms with Gasteiger partial charge < -0.3 is 9.97 Å². The number of nitrogens with zero attached hydrogens (tertiary/aromatic N) is 10. The minimum absolute atomic E-state index is 0.268. The Bertz CT molecular complexity index is 3440. The lowest BCUT2D eigenvalue weighted by atomic mass is 10.1. The summed E-state index contributed by atoms with van der Waals surface area (Å²) in [6, 6.07) is 56.8. The molecule has 10 aromatic rings. The normalized spacial score (nSPS) is 14.3. The highest BCUT2D eigenvalue weighted by Crippen LogP contribution is 2.34. The smallest absolute Gasteiger partial charge is 0.207 e. The van der Waals surface area contributed by atoms with Crippen LogP contribution in [0.5, 0.6) is 0 Å². The van der Waals surface area contributed by atoms with E-state index in [-0.39, 0.29) is 6.17 Å². The molecule has 12 rings (SSSR count). The molecule has 0 amide bonds. The Kier molecular flexibility index (Phi) is 12.1. The van der Waals surface area contributed by atoms with E-state index in [1.165, 1.54) is 5.56 Å². The second kappa shape index (κ2) is 19.2. The lowest BCUT2D eigenvalue weighted by Gasteiger charge is -2.15. The van der Waals surface area contributed by atoms with Crippen molar-refractivity contribution in [1.82, 2.24) is 50.2 Å². The summed E-state index contributed by atoms with van der Waals surface area (Å²) in [5.41, 5.74) is 16.8. The van der Waals surface area contributed by atoms with Crippen molar-refractivity contribution >= 4 is 34.4 Å². The molecule has 69 heavy (non-hydrogen) atoms. The number of benzene rings is 6. The van der Waals surface area contributed by atoms with Gasteiger partial charge in [-0.25, -0.2) is 24.5 Å². The largest absolute Gasteiger partial charge is 0.338 e. The van der Waals surface area contributed by atoms with E-state index >= 15 is 0 Å². The lowest BCUT2D eigenvalue weighted by Crippen LogP contribution is -2.39. The van der Waals surface area contributed by atoms with Gasteiger partial charge in [-0.3, -0.25) is 10.5 Å². The van der Waals surface area contributed by atoms with E-state index in [0.717, 1.165) is 79.2 Å². The highest BCUT2D eigenvalue weighted by Gasteiger charge is 2.39. The molecule has 6 heterocycles. The standard InChI is InChI=1S/C27H23N7.C15H12N2.C12H11N5O/c1-17-10-9-15-21(16-17)26-31-32-27-22(18(2)33-34(26)27)28-25-23(19-11-5-3-6-12-19)29-24(30-25)20-13-7-4-8-14-20;1-3-7-12(8-4-1)14-11-16-15(17-14)13-9-5-2-6-10-13;1-7-4-3-5-9(6-7)11-13-14-12-10(16-18)8(2)15-17(11)12/h3-16,27,32H,1-2H3,(H,29,30);1-11H,(H,16,17);3-6,15H,1-2H3. The van der Waals surface area contributed by atoms with E-state index < -0.39 is 0 Å². The molecule has 4 aromatic heterocycles. The van der Waals surface area contributed by atoms with Gasteiger partial charge in [-0.05, 0) is 50.6 Å². The Morgan fingerprint density at radius 3 is 1.81 bits per heavy atom. The number of aromatic amines is 3. The first-order chi connectivity index (χ1) is 33.8. The van der Waals surface area contributed by atoms with Gasteiger partial charge >= 0.3 is 0 Å². The molecule has 0 saturated carbocycles. The van der Waals surface area contributed by atoms with Crippen molar-refractivity contribution in [2.75, 3.05) is 0 Å². The van der Waals surface area contributed by atoms with E-state index in [9.17, 15) is 4.91 Å². The van der Waals surface area contributed by atoms with Crippen molar-refractivity contribution in [3.63, 3.8) is 0 Å². The maximum absolute atomic E-state index is 10.8. The van der Waals surface area contributed by atoms with Crippen molar-refractivity contribution in [2.45, 2.75) is 33.9 Å². The first kappa shape index (κ1) is 43.5. The molecule has 2 aliphatic heterocycles. The van der Waals surface area contributed by atoms with Gasteiger partial charge in [0, 0.05) is 27.8 Å². The van der Waals surface area contributed by atoms with Gasteiger partial charge in [-0.1, -0.05) is 169 Å². The molecule has 0 bridgehead atoms. The molecule has 0 spiro atoms. The van der Waals surface area contributed by atoms with Crippen LogP contribution in [0.25, 0.3) is 62.3 Å². The molecule has 15 nitrogen and oxygen atoms in total. The summed E-state index contributed by atoms with van der Waals surface area (Å²) in [5.74, 6) is 3.77. The number of hydrogen-bond donors (Lipinski definition) is 4. The second-order valence-electron chi connectivity index (χ2n) is 16.5. The molecule has 338 valence electrons. The number of amidine groups is 1. The Morgan fingerprint density at radius 2 is 1.17 bits per heavy atom. The molecular weight excluding hydrogens is 861 g/mol. The topological polar surface area (TPSA) is 185 Å². The summed E-state index contributed by atoms with van der Waals surface area (Å²) in [6.45, 7) is 7.84. The van der Waals surface area contributed by atoms with Crippen LogP contribution in [-0.2, 0) is 0 Å². The zero-order valence-corrected chi connectivity index (χ0v) is 38.2. The summed E-state index contributed by atoms with van der Waals surface area (Å²) >= 11 is 0. The number of aryl methyl sites for hydroxylation is 3. The molecule has 1 unspecified atom stereocenters. The SMILES string of the molecule is CC1=NN2C(c3cccc(C)c3)=NNC2C1=Nc1nc(-c2ccccc2)[nH]c1-c1ccccc1.Cc1cccc(-c2nnc3c(N=O)c(C)[nH]n23)c1.c1ccc(-c2cnc(-c3ccccc3)[nH]2)cc1. The van der Waals surface area contributed by atoms with Gasteiger partial charge in [-0.2, -0.15) is 10.2 Å². The van der Waals surface area contributed by atoms with Gasteiger partial charge in [0.15, 0.2) is 29.3 Å². The summed E-state index contributed by atoms with van der Waals surface area (Å²) < 4.78 is 1.68. The van der Waals surface area contributed by atoms with Gasteiger partial charge in [0.1, 0.15) is 17.4 Å². The number of nitrogens with one attached hydrogen (secondary N) is 4.